The zero-order valence-corrected chi connectivity index (χ0v) is 16.9. The Balaban J connectivity index is 2.18. The summed E-state index contributed by atoms with van der Waals surface area (Å²) in [5.74, 6) is 2.19. The molecule has 0 saturated carbocycles. The van der Waals surface area contributed by atoms with Gasteiger partial charge in [0.25, 0.3) is 0 Å². The minimum Gasteiger partial charge on any atom is -0.496 e. The van der Waals surface area contributed by atoms with E-state index in [-0.39, 0.29) is 5.78 Å². The summed E-state index contributed by atoms with van der Waals surface area (Å²) in [6, 6.07) is 10.9. The molecule has 0 heterocycles. The zero-order valence-electron chi connectivity index (χ0n) is 16.9. The third-order valence-electron chi connectivity index (χ3n) is 4.34. The predicted molar refractivity (Wildman–Crippen MR) is 114 cm³/mol. The van der Waals surface area contributed by atoms with Crippen LogP contribution in [0.3, 0.4) is 0 Å². The highest BCUT2D eigenvalue weighted by atomic mass is 16.5. The highest BCUT2D eigenvalue weighted by molar-refractivity contribution is 6.06. The van der Waals surface area contributed by atoms with E-state index in [1.54, 1.807) is 56.7 Å². The van der Waals surface area contributed by atoms with E-state index in [2.05, 4.69) is 13.5 Å². The van der Waals surface area contributed by atoms with Gasteiger partial charge in [0.2, 0.25) is 0 Å². The van der Waals surface area contributed by atoms with Crippen LogP contribution in [-0.2, 0) is 6.42 Å². The Bertz CT molecular complexity index is 794. The van der Waals surface area contributed by atoms with Crippen molar-refractivity contribution in [3.8, 4) is 17.2 Å². The Morgan fingerprint density at radius 1 is 1.07 bits per heavy atom. The van der Waals surface area contributed by atoms with Crippen LogP contribution in [0.25, 0.3) is 6.08 Å². The third kappa shape index (κ3) is 5.74. The van der Waals surface area contributed by atoms with Gasteiger partial charge in [0.05, 0.1) is 14.2 Å². The van der Waals surface area contributed by atoms with Crippen molar-refractivity contribution in [3.63, 3.8) is 0 Å². The van der Waals surface area contributed by atoms with E-state index in [0.29, 0.717) is 17.9 Å². The number of hydrogen-bond donors (Lipinski definition) is 0. The molecule has 148 valence electrons. The second-order valence-corrected chi connectivity index (χ2v) is 6.33. The van der Waals surface area contributed by atoms with Crippen molar-refractivity contribution in [2.75, 3.05) is 20.8 Å². The number of allylic oxidation sites excluding steroid dienone is 1. The summed E-state index contributed by atoms with van der Waals surface area (Å²) in [4.78, 5) is 12.5. The van der Waals surface area contributed by atoms with Gasteiger partial charge in [-0.25, -0.2) is 0 Å². The summed E-state index contributed by atoms with van der Waals surface area (Å²) in [7, 11) is 3.30. The molecule has 0 aliphatic heterocycles. The summed E-state index contributed by atoms with van der Waals surface area (Å²) in [5.41, 5.74) is 2.51. The number of carbonyl (C=O) groups is 1. The van der Waals surface area contributed by atoms with Gasteiger partial charge in [-0.3, -0.25) is 4.79 Å². The average molecular weight is 380 g/mol. The second kappa shape index (κ2) is 11.0. The van der Waals surface area contributed by atoms with Crippen LogP contribution < -0.4 is 14.2 Å². The summed E-state index contributed by atoms with van der Waals surface area (Å²) < 4.78 is 16.5. The summed E-state index contributed by atoms with van der Waals surface area (Å²) >= 11 is 0. The van der Waals surface area contributed by atoms with Gasteiger partial charge >= 0.3 is 0 Å². The number of ketones is 1. The minimum atomic E-state index is -0.0803. The van der Waals surface area contributed by atoms with E-state index in [4.69, 9.17) is 14.2 Å². The van der Waals surface area contributed by atoms with Crippen LogP contribution in [0.15, 0.2) is 55.1 Å². The molecule has 0 unspecified atom stereocenters. The Labute approximate surface area is 167 Å². The number of rotatable bonds is 11. The van der Waals surface area contributed by atoms with Crippen LogP contribution in [0.1, 0.15) is 41.3 Å². The fraction of sp³-hybridized carbons (Fsp3) is 0.292. The van der Waals surface area contributed by atoms with Crippen molar-refractivity contribution in [3.05, 3.63) is 71.8 Å². The van der Waals surface area contributed by atoms with E-state index in [1.807, 2.05) is 12.1 Å². The second-order valence-electron chi connectivity index (χ2n) is 6.33. The topological polar surface area (TPSA) is 44.8 Å². The monoisotopic (exact) mass is 380 g/mol. The molecule has 2 aromatic carbocycles. The molecule has 0 radical (unpaired) electrons. The predicted octanol–water partition coefficient (Wildman–Crippen LogP) is 5.51. The van der Waals surface area contributed by atoms with E-state index >= 15 is 0 Å². The van der Waals surface area contributed by atoms with Crippen LogP contribution in [0, 0.1) is 0 Å². The number of hydrogen-bond acceptors (Lipinski definition) is 4. The zero-order chi connectivity index (χ0) is 20.4. The van der Waals surface area contributed by atoms with Crippen molar-refractivity contribution < 1.29 is 19.0 Å². The smallest absolute Gasteiger partial charge is 0.185 e. The average Bonchev–Trinajstić information content (AvgIpc) is 2.74. The molecule has 0 spiro atoms. The molecule has 0 N–H and O–H groups in total. The minimum absolute atomic E-state index is 0.0803. The largest absolute Gasteiger partial charge is 0.496 e. The third-order valence-corrected chi connectivity index (χ3v) is 4.34. The Morgan fingerprint density at radius 2 is 1.71 bits per heavy atom. The molecule has 4 heteroatoms. The molecular formula is C24H28O4. The Morgan fingerprint density at radius 3 is 2.25 bits per heavy atom. The quantitative estimate of drug-likeness (QED) is 0.293. The lowest BCUT2D eigenvalue weighted by atomic mass is 10.0. The van der Waals surface area contributed by atoms with E-state index in [1.165, 1.54) is 0 Å². The molecular weight excluding hydrogens is 352 g/mol. The summed E-state index contributed by atoms with van der Waals surface area (Å²) in [6.07, 6.45) is 8.06. The number of benzene rings is 2. The van der Waals surface area contributed by atoms with Crippen LogP contribution >= 0.6 is 0 Å². The van der Waals surface area contributed by atoms with E-state index in [9.17, 15) is 4.79 Å². The molecule has 0 aromatic heterocycles. The number of methoxy groups -OCH3 is 2. The van der Waals surface area contributed by atoms with Gasteiger partial charge < -0.3 is 14.2 Å². The van der Waals surface area contributed by atoms with Gasteiger partial charge in [-0.1, -0.05) is 32.1 Å². The first-order valence-corrected chi connectivity index (χ1v) is 9.44. The molecule has 2 rings (SSSR count). The van der Waals surface area contributed by atoms with Crippen molar-refractivity contribution in [2.45, 2.75) is 26.2 Å². The molecule has 0 atom stereocenters. The lowest BCUT2D eigenvalue weighted by Crippen LogP contribution is -1.99. The molecule has 4 nitrogen and oxygen atoms in total. The molecule has 2 aromatic rings. The molecule has 0 aliphatic rings. The SMILES string of the molecule is C=CCOc1ccc(C(=O)/C=C/c2cc(OC)c(CCCC)c(OC)c2)cc1. The van der Waals surface area contributed by atoms with E-state index in [0.717, 1.165) is 41.9 Å². The number of carbonyl (C=O) groups excluding carboxylic acids is 1. The van der Waals surface area contributed by atoms with Gasteiger partial charge in [-0.15, -0.1) is 0 Å². The Kier molecular flexibility index (Phi) is 8.35. The van der Waals surface area contributed by atoms with Gasteiger partial charge in [0.15, 0.2) is 5.78 Å². The maximum Gasteiger partial charge on any atom is 0.185 e. The summed E-state index contributed by atoms with van der Waals surface area (Å²) in [6.45, 7) is 6.20. The van der Waals surface area contributed by atoms with Crippen LogP contribution in [0.2, 0.25) is 0 Å². The van der Waals surface area contributed by atoms with Gasteiger partial charge in [-0.05, 0) is 60.9 Å². The number of unbranched alkanes of at least 4 members (excludes halogenated alkanes) is 1. The van der Waals surface area contributed by atoms with Crippen molar-refractivity contribution in [2.24, 2.45) is 0 Å². The fourth-order valence-electron chi connectivity index (χ4n) is 2.84. The lowest BCUT2D eigenvalue weighted by Gasteiger charge is -2.14. The molecule has 0 aliphatic carbocycles. The molecule has 0 bridgehead atoms. The molecule has 28 heavy (non-hydrogen) atoms. The highest BCUT2D eigenvalue weighted by Crippen LogP contribution is 2.32. The summed E-state index contributed by atoms with van der Waals surface area (Å²) in [5, 5.41) is 0. The van der Waals surface area contributed by atoms with Crippen LogP contribution in [0.4, 0.5) is 0 Å². The van der Waals surface area contributed by atoms with Gasteiger partial charge in [-0.2, -0.15) is 0 Å². The van der Waals surface area contributed by atoms with Crippen LogP contribution in [-0.4, -0.2) is 26.6 Å². The van der Waals surface area contributed by atoms with E-state index < -0.39 is 0 Å². The maximum absolute atomic E-state index is 12.5. The van der Waals surface area contributed by atoms with Crippen molar-refractivity contribution in [1.82, 2.24) is 0 Å². The first-order chi connectivity index (χ1) is 13.6. The first-order valence-electron chi connectivity index (χ1n) is 9.44. The maximum atomic E-state index is 12.5. The standard InChI is InChI=1S/C24H28O4/c1-5-7-8-21-23(26-3)16-18(17-24(21)27-4)9-14-22(25)19-10-12-20(13-11-19)28-15-6-2/h6,9-14,16-17H,2,5,7-8,15H2,1,3-4H3/b14-9+. The molecule has 0 fully saturated rings. The first kappa shape index (κ1) is 21.3. The Hall–Kier alpha value is -3.01. The number of ether oxygens (including phenoxy) is 3. The van der Waals surface area contributed by atoms with Crippen molar-refractivity contribution >= 4 is 11.9 Å². The van der Waals surface area contributed by atoms with Crippen LogP contribution in [0.5, 0.6) is 17.2 Å². The molecule has 0 saturated heterocycles. The van der Waals surface area contributed by atoms with Gasteiger partial charge in [0, 0.05) is 11.1 Å². The fourth-order valence-corrected chi connectivity index (χ4v) is 2.84. The normalized spacial score (nSPS) is 10.7. The lowest BCUT2D eigenvalue weighted by molar-refractivity contribution is 0.104. The van der Waals surface area contributed by atoms with Crippen molar-refractivity contribution in [1.29, 1.82) is 0 Å². The highest BCUT2D eigenvalue weighted by Gasteiger charge is 2.11. The van der Waals surface area contributed by atoms with Gasteiger partial charge in [0.1, 0.15) is 23.9 Å². The molecule has 0 amide bonds.